The first-order valence-corrected chi connectivity index (χ1v) is 9.13. The van der Waals surface area contributed by atoms with Crippen LogP contribution in [0.2, 0.25) is 0 Å². The number of amides is 1. The molecule has 134 valence electrons. The minimum atomic E-state index is -0.216. The molecule has 0 bridgehead atoms. The predicted molar refractivity (Wildman–Crippen MR) is 97.2 cm³/mol. The Morgan fingerprint density at radius 3 is 2.14 bits per heavy atom. The lowest BCUT2D eigenvalue weighted by Gasteiger charge is -2.28. The number of unbranched alkanes of at least 4 members (excludes halogenated alkanes) is 1. The third-order valence-corrected chi connectivity index (χ3v) is 4.04. The first-order chi connectivity index (χ1) is 10.2. The van der Waals surface area contributed by atoms with E-state index in [1.54, 1.807) is 0 Å². The molecular weight excluding hydrogens is 274 g/mol. The first-order valence-electron chi connectivity index (χ1n) is 9.13. The molecule has 0 saturated carbocycles. The van der Waals surface area contributed by atoms with Crippen molar-refractivity contribution in [3.05, 3.63) is 0 Å². The largest absolute Gasteiger partial charge is 0.376 e. The molecule has 0 aromatic rings. The topological polar surface area (TPSA) is 38.3 Å². The Labute approximate surface area is 139 Å². The fraction of sp³-hybridized carbons (Fsp3) is 0.947. The zero-order valence-electron chi connectivity index (χ0n) is 16.5. The third kappa shape index (κ3) is 14.4. The molecule has 0 atom stereocenters. The second-order valence-corrected chi connectivity index (χ2v) is 7.08. The molecule has 0 unspecified atom stereocenters. The van der Waals surface area contributed by atoms with Gasteiger partial charge in [0.15, 0.2) is 0 Å². The molecule has 0 aliphatic carbocycles. The molecule has 0 aliphatic rings. The van der Waals surface area contributed by atoms with Crippen molar-refractivity contribution in [2.75, 3.05) is 13.2 Å². The number of nitrogens with one attached hydrogen (secondary N) is 1. The summed E-state index contributed by atoms with van der Waals surface area (Å²) in [4.78, 5) is 11.7. The Bertz CT molecular complexity index is 273. The average Bonchev–Trinajstić information content (AvgIpc) is 2.47. The van der Waals surface area contributed by atoms with E-state index in [-0.39, 0.29) is 11.5 Å². The van der Waals surface area contributed by atoms with Gasteiger partial charge in [-0.05, 0) is 38.5 Å². The fourth-order valence-corrected chi connectivity index (χ4v) is 1.76. The van der Waals surface area contributed by atoms with Gasteiger partial charge in [0.1, 0.15) is 0 Å². The Balaban J connectivity index is 0. The molecule has 0 aromatic heterocycles. The van der Waals surface area contributed by atoms with Crippen LogP contribution < -0.4 is 5.32 Å². The van der Waals surface area contributed by atoms with Crippen molar-refractivity contribution in [1.82, 2.24) is 5.32 Å². The van der Waals surface area contributed by atoms with Gasteiger partial charge in [0.2, 0.25) is 5.91 Å². The summed E-state index contributed by atoms with van der Waals surface area (Å²) in [7, 11) is 0. The van der Waals surface area contributed by atoms with Crippen LogP contribution >= 0.6 is 0 Å². The minimum Gasteiger partial charge on any atom is -0.376 e. The molecule has 3 heteroatoms. The maximum atomic E-state index is 11.7. The van der Waals surface area contributed by atoms with Gasteiger partial charge in [0, 0.05) is 19.6 Å². The Kier molecular flexibility index (Phi) is 13.9. The molecule has 1 amide bonds. The Morgan fingerprint density at radius 2 is 1.64 bits per heavy atom. The lowest BCUT2D eigenvalue weighted by molar-refractivity contribution is -0.123. The average molecular weight is 316 g/mol. The zero-order valence-corrected chi connectivity index (χ0v) is 16.5. The van der Waals surface area contributed by atoms with Crippen molar-refractivity contribution in [2.45, 2.75) is 99.5 Å². The highest BCUT2D eigenvalue weighted by Crippen LogP contribution is 2.26. The number of rotatable bonds is 11. The van der Waals surface area contributed by atoms with Gasteiger partial charge >= 0.3 is 0 Å². The molecule has 0 rings (SSSR count). The number of hydrogen-bond acceptors (Lipinski definition) is 2. The van der Waals surface area contributed by atoms with Gasteiger partial charge in [0.05, 0.1) is 5.60 Å². The second kappa shape index (κ2) is 12.9. The van der Waals surface area contributed by atoms with Gasteiger partial charge < -0.3 is 10.1 Å². The van der Waals surface area contributed by atoms with Crippen molar-refractivity contribution >= 4 is 5.91 Å². The molecule has 0 spiro atoms. The molecule has 1 N–H and O–H groups in total. The van der Waals surface area contributed by atoms with E-state index >= 15 is 0 Å². The van der Waals surface area contributed by atoms with Crippen molar-refractivity contribution in [3.63, 3.8) is 0 Å². The predicted octanol–water partition coefficient (Wildman–Crippen LogP) is 5.33. The van der Waals surface area contributed by atoms with E-state index in [1.807, 2.05) is 13.8 Å². The number of ether oxygens (including phenoxy) is 1. The van der Waals surface area contributed by atoms with E-state index in [0.717, 1.165) is 45.3 Å². The quantitative estimate of drug-likeness (QED) is 0.523. The third-order valence-electron chi connectivity index (χ3n) is 4.04. The van der Waals surface area contributed by atoms with Gasteiger partial charge in [-0.25, -0.2) is 0 Å². The summed E-state index contributed by atoms with van der Waals surface area (Å²) in [5.74, 6) is 0.143. The van der Waals surface area contributed by atoms with Gasteiger partial charge in [-0.2, -0.15) is 0 Å². The van der Waals surface area contributed by atoms with Crippen molar-refractivity contribution < 1.29 is 9.53 Å². The summed E-state index contributed by atoms with van der Waals surface area (Å²) in [6.07, 6.45) is 5.72. The van der Waals surface area contributed by atoms with E-state index in [1.165, 1.54) is 0 Å². The van der Waals surface area contributed by atoms with E-state index in [4.69, 9.17) is 4.74 Å². The summed E-state index contributed by atoms with van der Waals surface area (Å²) in [6.45, 7) is 18.6. The molecule has 0 radical (unpaired) electrons. The standard InChI is InChI=1S/C17H35NO2.C2H6/c1-7-9-13-18-15(19)10-11-17(5,6)20-14-12-16(3,4)8-2;1-2/h7-14H2,1-6H3,(H,18,19);1-2H3. The van der Waals surface area contributed by atoms with E-state index in [0.29, 0.717) is 11.8 Å². The molecular formula is C19H41NO2. The summed E-state index contributed by atoms with van der Waals surface area (Å²) in [6, 6.07) is 0. The molecule has 0 heterocycles. The van der Waals surface area contributed by atoms with E-state index in [9.17, 15) is 4.79 Å². The van der Waals surface area contributed by atoms with Crippen LogP contribution in [0, 0.1) is 5.41 Å². The number of carbonyl (C=O) groups is 1. The molecule has 3 nitrogen and oxygen atoms in total. The molecule has 0 fully saturated rings. The highest BCUT2D eigenvalue weighted by atomic mass is 16.5. The van der Waals surface area contributed by atoms with Gasteiger partial charge in [0.25, 0.3) is 0 Å². The molecule has 0 saturated heterocycles. The molecule has 0 aliphatic heterocycles. The SMILES string of the molecule is CC.CCCCNC(=O)CCC(C)(C)OCCC(C)(C)CC. The van der Waals surface area contributed by atoms with Crippen molar-refractivity contribution in [1.29, 1.82) is 0 Å². The number of carbonyl (C=O) groups excluding carboxylic acids is 1. The Hall–Kier alpha value is -0.570. The maximum Gasteiger partial charge on any atom is 0.220 e. The van der Waals surface area contributed by atoms with Crippen molar-refractivity contribution in [2.24, 2.45) is 5.41 Å². The monoisotopic (exact) mass is 315 g/mol. The number of hydrogen-bond donors (Lipinski definition) is 1. The van der Waals surface area contributed by atoms with E-state index < -0.39 is 0 Å². The summed E-state index contributed by atoms with van der Waals surface area (Å²) in [5, 5.41) is 2.95. The summed E-state index contributed by atoms with van der Waals surface area (Å²) in [5.41, 5.74) is 0.125. The summed E-state index contributed by atoms with van der Waals surface area (Å²) < 4.78 is 5.96. The minimum absolute atomic E-state index is 0.143. The van der Waals surface area contributed by atoms with Crippen LogP contribution in [0.1, 0.15) is 93.9 Å². The van der Waals surface area contributed by atoms with Crippen LogP contribution in [0.4, 0.5) is 0 Å². The van der Waals surface area contributed by atoms with E-state index in [2.05, 4.69) is 46.9 Å². The summed E-state index contributed by atoms with van der Waals surface area (Å²) >= 11 is 0. The van der Waals surface area contributed by atoms with Crippen LogP contribution in [0.15, 0.2) is 0 Å². The van der Waals surface area contributed by atoms with Crippen LogP contribution in [0.25, 0.3) is 0 Å². The highest BCUT2D eigenvalue weighted by molar-refractivity contribution is 5.75. The molecule has 0 aromatic carbocycles. The maximum absolute atomic E-state index is 11.7. The smallest absolute Gasteiger partial charge is 0.220 e. The first kappa shape index (κ1) is 23.7. The van der Waals surface area contributed by atoms with Gasteiger partial charge in [-0.15, -0.1) is 0 Å². The lowest BCUT2D eigenvalue weighted by Crippen LogP contribution is -2.31. The highest BCUT2D eigenvalue weighted by Gasteiger charge is 2.22. The lowest BCUT2D eigenvalue weighted by atomic mass is 9.87. The van der Waals surface area contributed by atoms with Crippen molar-refractivity contribution in [3.8, 4) is 0 Å². The molecule has 22 heavy (non-hydrogen) atoms. The van der Waals surface area contributed by atoms with Gasteiger partial charge in [-0.1, -0.05) is 54.4 Å². The van der Waals surface area contributed by atoms with Crippen LogP contribution in [0.3, 0.4) is 0 Å². The van der Waals surface area contributed by atoms with Crippen LogP contribution in [-0.4, -0.2) is 24.7 Å². The zero-order chi connectivity index (χ0) is 17.6. The van der Waals surface area contributed by atoms with Gasteiger partial charge in [-0.3, -0.25) is 4.79 Å². The second-order valence-electron chi connectivity index (χ2n) is 7.08. The van der Waals surface area contributed by atoms with Crippen LogP contribution in [0.5, 0.6) is 0 Å². The fourth-order valence-electron chi connectivity index (χ4n) is 1.76. The van der Waals surface area contributed by atoms with Crippen LogP contribution in [-0.2, 0) is 9.53 Å². The normalized spacial score (nSPS) is 11.6. The Morgan fingerprint density at radius 1 is 1.05 bits per heavy atom.